The van der Waals surface area contributed by atoms with Crippen LogP contribution in [0.2, 0.25) is 0 Å². The number of carbonyl (C=O) groups is 1. The molecule has 1 aromatic carbocycles. The van der Waals surface area contributed by atoms with Gasteiger partial charge in [0.2, 0.25) is 11.9 Å². The van der Waals surface area contributed by atoms with Gasteiger partial charge in [0.1, 0.15) is 22.2 Å². The number of piperazine rings is 1. The molecular weight excluding hydrogens is 478 g/mol. The van der Waals surface area contributed by atoms with Crippen molar-refractivity contribution in [2.45, 2.75) is 48.8 Å². The molecule has 1 saturated carbocycles. The number of benzene rings is 1. The molecule has 6 rings (SSSR count). The minimum Gasteiger partial charge on any atom is -0.368 e. The number of rotatable bonds is 4. The fraction of sp³-hybridized carbons (Fsp3) is 0.480. The van der Waals surface area contributed by atoms with Crippen molar-refractivity contribution in [3.63, 3.8) is 0 Å². The Labute approximate surface area is 212 Å². The molecule has 1 saturated heterocycles. The maximum atomic E-state index is 13.1. The number of aliphatic hydroxyl groups is 1. The number of nitrogens with zero attached hydrogens (tertiary/aromatic N) is 5. The summed E-state index contributed by atoms with van der Waals surface area (Å²) in [5.41, 5.74) is 1.35. The molecule has 1 spiro atoms. The van der Waals surface area contributed by atoms with E-state index in [1.165, 1.54) is 0 Å². The molecule has 0 bridgehead atoms. The fourth-order valence-corrected chi connectivity index (χ4v) is 6.79. The monoisotopic (exact) mass is 509 g/mol. The molecule has 2 atom stereocenters. The highest BCUT2D eigenvalue weighted by molar-refractivity contribution is 7.82. The largest absolute Gasteiger partial charge is 0.368 e. The van der Waals surface area contributed by atoms with Crippen molar-refractivity contribution in [2.75, 3.05) is 38.5 Å². The molecular formula is C25H31N7O3S. The van der Waals surface area contributed by atoms with Gasteiger partial charge in [-0.2, -0.15) is 4.98 Å². The molecule has 2 aromatic heterocycles. The Morgan fingerprint density at radius 3 is 2.56 bits per heavy atom. The summed E-state index contributed by atoms with van der Waals surface area (Å²) in [7, 11) is 0.894. The van der Waals surface area contributed by atoms with Gasteiger partial charge in [-0.1, -0.05) is 19.3 Å². The first kappa shape index (κ1) is 23.5. The van der Waals surface area contributed by atoms with Gasteiger partial charge in [-0.25, -0.2) is 13.5 Å². The lowest BCUT2D eigenvalue weighted by molar-refractivity contribution is -0.138. The summed E-state index contributed by atoms with van der Waals surface area (Å²) in [6, 6.07) is 9.36. The van der Waals surface area contributed by atoms with Gasteiger partial charge < -0.3 is 25.2 Å². The van der Waals surface area contributed by atoms with Gasteiger partial charge in [-0.15, -0.1) is 0 Å². The Balaban J connectivity index is 1.27. The molecule has 10 nitrogen and oxygen atoms in total. The van der Waals surface area contributed by atoms with Gasteiger partial charge in [0, 0.05) is 43.4 Å². The lowest BCUT2D eigenvalue weighted by Crippen LogP contribution is -2.55. The second kappa shape index (κ2) is 9.22. The molecule has 3 aliphatic rings. The van der Waals surface area contributed by atoms with Crippen molar-refractivity contribution in [2.24, 2.45) is 0 Å². The number of fused-ring (bicyclic) bond motifs is 4. The van der Waals surface area contributed by atoms with E-state index in [2.05, 4.69) is 27.6 Å². The Morgan fingerprint density at radius 2 is 1.83 bits per heavy atom. The van der Waals surface area contributed by atoms with E-state index in [1.807, 2.05) is 39.2 Å². The average Bonchev–Trinajstić information content (AvgIpc) is 3.29. The highest BCUT2D eigenvalue weighted by Crippen LogP contribution is 2.43. The van der Waals surface area contributed by atoms with Crippen molar-refractivity contribution in [1.82, 2.24) is 29.1 Å². The summed E-state index contributed by atoms with van der Waals surface area (Å²) in [5.74, 6) is 0.263. The van der Waals surface area contributed by atoms with Crippen LogP contribution < -0.4 is 10.6 Å². The zero-order valence-electron chi connectivity index (χ0n) is 20.3. The highest BCUT2D eigenvalue weighted by atomic mass is 32.2. The zero-order valence-corrected chi connectivity index (χ0v) is 21.1. The summed E-state index contributed by atoms with van der Waals surface area (Å²) in [6.07, 6.45) is 5.12. The first-order valence-electron chi connectivity index (χ1n) is 12.5. The normalized spacial score (nSPS) is 23.4. The standard InChI is InChI=1S/C25H31N7O3S/c1-30-11-13-31(14-12-30)36(35)19-7-5-18(6-8-19)27-24-26-16-17-15-20-22(33)29-23(34)25(9-3-2-4-10-25)32(20)21(17)28-24/h5-8,15-16,22,33H,2-4,9-14H2,1H3,(H,29,34)(H,26,27,28). The van der Waals surface area contributed by atoms with Crippen LogP contribution in [-0.4, -0.2) is 72.2 Å². The number of likely N-dealkylation sites (N-methyl/N-ethyl adjacent to an activating group) is 1. The van der Waals surface area contributed by atoms with Crippen LogP contribution in [0.25, 0.3) is 11.0 Å². The maximum Gasteiger partial charge on any atom is 0.248 e. The molecule has 36 heavy (non-hydrogen) atoms. The van der Waals surface area contributed by atoms with E-state index in [-0.39, 0.29) is 5.91 Å². The molecule has 3 aromatic rings. The third-order valence-corrected chi connectivity index (χ3v) is 9.17. The van der Waals surface area contributed by atoms with Gasteiger partial charge in [0.05, 0.1) is 10.6 Å². The van der Waals surface area contributed by atoms with E-state index in [0.29, 0.717) is 17.3 Å². The third-order valence-electron chi connectivity index (χ3n) is 7.66. The first-order chi connectivity index (χ1) is 17.4. The van der Waals surface area contributed by atoms with E-state index in [1.54, 1.807) is 6.20 Å². The van der Waals surface area contributed by atoms with Crippen LogP contribution in [0, 0.1) is 0 Å². The van der Waals surface area contributed by atoms with Crippen LogP contribution in [0.3, 0.4) is 0 Å². The minimum absolute atomic E-state index is 0.142. The number of nitrogens with one attached hydrogen (secondary N) is 2. The lowest BCUT2D eigenvalue weighted by atomic mass is 9.79. The molecule has 2 aliphatic heterocycles. The van der Waals surface area contributed by atoms with Gasteiger partial charge in [0.15, 0.2) is 6.23 Å². The van der Waals surface area contributed by atoms with Crippen LogP contribution in [0.4, 0.5) is 11.6 Å². The molecule has 11 heteroatoms. The van der Waals surface area contributed by atoms with Gasteiger partial charge in [0.25, 0.3) is 0 Å². The second-order valence-electron chi connectivity index (χ2n) is 9.98. The van der Waals surface area contributed by atoms with Crippen LogP contribution in [-0.2, 0) is 21.3 Å². The molecule has 1 amide bonds. The Morgan fingerprint density at radius 1 is 1.11 bits per heavy atom. The van der Waals surface area contributed by atoms with E-state index in [9.17, 15) is 14.1 Å². The number of hydrogen-bond donors (Lipinski definition) is 3. The summed E-state index contributed by atoms with van der Waals surface area (Å²) in [5, 5.41) is 17.4. The van der Waals surface area contributed by atoms with Crippen molar-refractivity contribution in [3.8, 4) is 0 Å². The molecule has 3 N–H and O–H groups in total. The molecule has 2 unspecified atom stereocenters. The van der Waals surface area contributed by atoms with Crippen molar-refractivity contribution in [1.29, 1.82) is 0 Å². The summed E-state index contributed by atoms with van der Waals surface area (Å²) < 4.78 is 16.9. The molecule has 4 heterocycles. The molecule has 0 radical (unpaired) electrons. The van der Waals surface area contributed by atoms with Crippen molar-refractivity contribution >= 4 is 39.6 Å². The van der Waals surface area contributed by atoms with E-state index >= 15 is 0 Å². The van der Waals surface area contributed by atoms with E-state index < -0.39 is 22.8 Å². The maximum absolute atomic E-state index is 13.1. The van der Waals surface area contributed by atoms with E-state index in [0.717, 1.165) is 74.3 Å². The Hall–Kier alpha value is -2.86. The zero-order chi connectivity index (χ0) is 24.9. The predicted octanol–water partition coefficient (Wildman–Crippen LogP) is 2.22. The van der Waals surface area contributed by atoms with Crippen molar-refractivity contribution < 1.29 is 14.1 Å². The van der Waals surface area contributed by atoms with Gasteiger partial charge in [-0.05, 0) is 50.2 Å². The summed E-state index contributed by atoms with van der Waals surface area (Å²) >= 11 is 0. The number of aromatic nitrogens is 3. The van der Waals surface area contributed by atoms with Crippen LogP contribution in [0.1, 0.15) is 44.0 Å². The minimum atomic E-state index is -1.18. The lowest BCUT2D eigenvalue weighted by Gasteiger charge is -2.43. The average molecular weight is 510 g/mol. The van der Waals surface area contributed by atoms with Crippen LogP contribution in [0.5, 0.6) is 0 Å². The Kier molecular flexibility index (Phi) is 6.03. The van der Waals surface area contributed by atoms with E-state index in [4.69, 9.17) is 4.98 Å². The topological polar surface area (TPSA) is 116 Å². The van der Waals surface area contributed by atoms with Crippen molar-refractivity contribution in [3.05, 3.63) is 42.2 Å². The molecule has 190 valence electrons. The second-order valence-corrected chi connectivity index (χ2v) is 11.5. The summed E-state index contributed by atoms with van der Waals surface area (Å²) in [4.78, 5) is 25.3. The molecule has 1 aliphatic carbocycles. The SMILES string of the molecule is CN1CCN(S(=O)c2ccc(Nc3ncc4cc5n(c4n3)C3(CCCCC3)C(=O)NC5O)cc2)CC1. The predicted molar refractivity (Wildman–Crippen MR) is 137 cm³/mol. The Bertz CT molecular complexity index is 1310. The third kappa shape index (κ3) is 4.00. The number of aliphatic hydroxyl groups excluding tert-OH is 1. The number of anilines is 2. The number of amides is 1. The van der Waals surface area contributed by atoms with Gasteiger partial charge in [-0.3, -0.25) is 4.79 Å². The van der Waals surface area contributed by atoms with Crippen LogP contribution in [0.15, 0.2) is 41.4 Å². The molecule has 2 fully saturated rings. The number of carbonyl (C=O) groups excluding carboxylic acids is 1. The summed E-state index contributed by atoms with van der Waals surface area (Å²) in [6.45, 7) is 3.39. The quantitative estimate of drug-likeness (QED) is 0.494. The fourth-order valence-electron chi connectivity index (χ4n) is 5.63. The highest BCUT2D eigenvalue weighted by Gasteiger charge is 2.48. The van der Waals surface area contributed by atoms with Crippen LogP contribution >= 0.6 is 0 Å². The smallest absolute Gasteiger partial charge is 0.248 e. The first-order valence-corrected chi connectivity index (χ1v) is 13.7. The number of hydrogen-bond acceptors (Lipinski definition) is 7. The van der Waals surface area contributed by atoms with Gasteiger partial charge >= 0.3 is 0 Å².